The molecule has 2 aromatic rings. The van der Waals surface area contributed by atoms with Gasteiger partial charge in [0.15, 0.2) is 0 Å². The van der Waals surface area contributed by atoms with Gasteiger partial charge in [-0.3, -0.25) is 4.72 Å². The normalized spacial score (nSPS) is 11.6. The first-order valence-electron chi connectivity index (χ1n) is 6.13. The smallest absolute Gasteiger partial charge is 0.271 e. The number of aliphatic hydroxyl groups excluding tert-OH is 1. The van der Waals surface area contributed by atoms with Crippen LogP contribution in [0.3, 0.4) is 0 Å². The molecule has 1 aromatic heterocycles. The molecule has 6 heteroatoms. The second-order valence-corrected chi connectivity index (χ2v) is 7.80. The molecule has 2 N–H and O–H groups in total. The highest BCUT2D eigenvalue weighted by molar-refractivity contribution is 7.94. The number of nitrogens with one attached hydrogen (secondary N) is 1. The molecule has 1 aromatic carbocycles. The number of thiophene rings is 1. The zero-order valence-corrected chi connectivity index (χ0v) is 13.2. The van der Waals surface area contributed by atoms with Crippen molar-refractivity contribution in [1.82, 2.24) is 0 Å². The van der Waals surface area contributed by atoms with Crippen molar-refractivity contribution in [2.24, 2.45) is 0 Å². The molecule has 0 fully saturated rings. The average molecular weight is 311 g/mol. The maximum Gasteiger partial charge on any atom is 0.271 e. The van der Waals surface area contributed by atoms with Crippen LogP contribution in [0.1, 0.15) is 21.6 Å². The van der Waals surface area contributed by atoms with Gasteiger partial charge in [-0.05, 0) is 49.6 Å². The zero-order valence-electron chi connectivity index (χ0n) is 11.6. The number of hydrogen-bond acceptors (Lipinski definition) is 4. The maximum atomic E-state index is 12.4. The van der Waals surface area contributed by atoms with Gasteiger partial charge in [0.2, 0.25) is 0 Å². The summed E-state index contributed by atoms with van der Waals surface area (Å²) in [5, 5.41) is 9.16. The first kappa shape index (κ1) is 15.0. The highest BCUT2D eigenvalue weighted by Gasteiger charge is 2.19. The van der Waals surface area contributed by atoms with E-state index in [1.807, 2.05) is 26.0 Å². The van der Waals surface area contributed by atoms with E-state index in [9.17, 15) is 8.42 Å². The summed E-state index contributed by atoms with van der Waals surface area (Å²) in [5.74, 6) is 0. The molecule has 20 heavy (non-hydrogen) atoms. The van der Waals surface area contributed by atoms with Gasteiger partial charge in [-0.1, -0.05) is 12.1 Å². The summed E-state index contributed by atoms with van der Waals surface area (Å²) < 4.78 is 27.6. The van der Waals surface area contributed by atoms with Crippen molar-refractivity contribution in [3.63, 3.8) is 0 Å². The zero-order chi connectivity index (χ0) is 14.9. The van der Waals surface area contributed by atoms with Crippen LogP contribution < -0.4 is 4.72 Å². The van der Waals surface area contributed by atoms with E-state index in [1.165, 1.54) is 0 Å². The average Bonchev–Trinajstić information content (AvgIpc) is 2.76. The minimum Gasteiger partial charge on any atom is -0.391 e. The molecule has 0 unspecified atom stereocenters. The highest BCUT2D eigenvalue weighted by Crippen LogP contribution is 2.28. The van der Waals surface area contributed by atoms with Gasteiger partial charge in [0.25, 0.3) is 10.0 Å². The van der Waals surface area contributed by atoms with E-state index in [2.05, 4.69) is 4.72 Å². The lowest BCUT2D eigenvalue weighted by atomic mass is 10.1. The van der Waals surface area contributed by atoms with E-state index < -0.39 is 10.0 Å². The molecule has 0 bridgehead atoms. The van der Waals surface area contributed by atoms with Crippen molar-refractivity contribution >= 4 is 27.0 Å². The minimum absolute atomic E-state index is 0.143. The Kier molecular flexibility index (Phi) is 4.17. The standard InChI is InChI=1S/C14H17NO3S2/c1-9-4-5-10(2)12(6-9)15-20(17,18)14-7-11(3)13(8-16)19-14/h4-7,15-16H,8H2,1-3H3. The fourth-order valence-corrected chi connectivity index (χ4v) is 4.39. The Morgan fingerprint density at radius 2 is 1.85 bits per heavy atom. The molecular formula is C14H17NO3S2. The fraction of sp³-hybridized carbons (Fsp3) is 0.286. The lowest BCUT2D eigenvalue weighted by molar-refractivity contribution is 0.285. The number of anilines is 1. The Labute approximate surface area is 123 Å². The van der Waals surface area contributed by atoms with E-state index in [4.69, 9.17) is 5.11 Å². The van der Waals surface area contributed by atoms with Crippen molar-refractivity contribution in [3.05, 3.63) is 45.8 Å². The number of rotatable bonds is 4. The molecule has 0 amide bonds. The summed E-state index contributed by atoms with van der Waals surface area (Å²) in [7, 11) is -3.61. The van der Waals surface area contributed by atoms with Crippen LogP contribution in [0.15, 0.2) is 28.5 Å². The number of aliphatic hydroxyl groups is 1. The summed E-state index contributed by atoms with van der Waals surface area (Å²) in [6.07, 6.45) is 0. The van der Waals surface area contributed by atoms with Crippen LogP contribution in [0, 0.1) is 20.8 Å². The summed E-state index contributed by atoms with van der Waals surface area (Å²) in [6, 6.07) is 7.21. The van der Waals surface area contributed by atoms with Crippen LogP contribution in [-0.2, 0) is 16.6 Å². The molecule has 4 nitrogen and oxygen atoms in total. The second-order valence-electron chi connectivity index (χ2n) is 4.75. The lowest BCUT2D eigenvalue weighted by Crippen LogP contribution is -2.12. The molecule has 0 atom stereocenters. The van der Waals surface area contributed by atoms with E-state index in [-0.39, 0.29) is 10.8 Å². The Morgan fingerprint density at radius 1 is 1.15 bits per heavy atom. The van der Waals surface area contributed by atoms with E-state index >= 15 is 0 Å². The van der Waals surface area contributed by atoms with Gasteiger partial charge in [0.1, 0.15) is 4.21 Å². The monoisotopic (exact) mass is 311 g/mol. The van der Waals surface area contributed by atoms with Crippen molar-refractivity contribution in [1.29, 1.82) is 0 Å². The maximum absolute atomic E-state index is 12.4. The van der Waals surface area contributed by atoms with Crippen molar-refractivity contribution < 1.29 is 13.5 Å². The van der Waals surface area contributed by atoms with E-state index in [0.29, 0.717) is 10.6 Å². The molecule has 0 saturated heterocycles. The molecule has 0 radical (unpaired) electrons. The predicted octanol–water partition coefficient (Wildman–Crippen LogP) is 2.97. The third-order valence-corrected chi connectivity index (χ3v) is 6.10. The molecule has 108 valence electrons. The topological polar surface area (TPSA) is 66.4 Å². The largest absolute Gasteiger partial charge is 0.391 e. The number of hydrogen-bond donors (Lipinski definition) is 2. The molecule has 0 saturated carbocycles. The summed E-state index contributed by atoms with van der Waals surface area (Å²) in [6.45, 7) is 5.42. The van der Waals surface area contributed by atoms with Crippen LogP contribution in [-0.4, -0.2) is 13.5 Å². The third-order valence-electron chi connectivity index (χ3n) is 3.04. The molecule has 2 rings (SSSR count). The lowest BCUT2D eigenvalue weighted by Gasteiger charge is -2.10. The van der Waals surface area contributed by atoms with Crippen LogP contribution >= 0.6 is 11.3 Å². The van der Waals surface area contributed by atoms with Gasteiger partial charge in [-0.25, -0.2) is 8.42 Å². The molecule has 0 aliphatic rings. The van der Waals surface area contributed by atoms with Crippen molar-refractivity contribution in [3.8, 4) is 0 Å². The number of aryl methyl sites for hydroxylation is 3. The van der Waals surface area contributed by atoms with E-state index in [0.717, 1.165) is 28.0 Å². The molecule has 0 aliphatic heterocycles. The Balaban J connectivity index is 2.37. The first-order chi connectivity index (χ1) is 9.33. The van der Waals surface area contributed by atoms with Gasteiger partial charge in [-0.2, -0.15) is 0 Å². The van der Waals surface area contributed by atoms with Gasteiger partial charge >= 0.3 is 0 Å². The van der Waals surface area contributed by atoms with Gasteiger partial charge in [-0.15, -0.1) is 11.3 Å². The third kappa shape index (κ3) is 3.03. The minimum atomic E-state index is -3.61. The highest BCUT2D eigenvalue weighted by atomic mass is 32.2. The van der Waals surface area contributed by atoms with Gasteiger partial charge in [0, 0.05) is 4.88 Å². The van der Waals surface area contributed by atoms with Gasteiger partial charge in [0.05, 0.1) is 12.3 Å². The molecular weight excluding hydrogens is 294 g/mol. The van der Waals surface area contributed by atoms with Crippen LogP contribution in [0.4, 0.5) is 5.69 Å². The van der Waals surface area contributed by atoms with Crippen LogP contribution in [0.2, 0.25) is 0 Å². The van der Waals surface area contributed by atoms with Crippen LogP contribution in [0.25, 0.3) is 0 Å². The first-order valence-corrected chi connectivity index (χ1v) is 8.43. The Hall–Kier alpha value is -1.37. The quantitative estimate of drug-likeness (QED) is 0.912. The molecule has 0 aliphatic carbocycles. The second kappa shape index (κ2) is 5.55. The Bertz CT molecular complexity index is 733. The summed E-state index contributed by atoms with van der Waals surface area (Å²) in [4.78, 5) is 0.673. The van der Waals surface area contributed by atoms with Crippen LogP contribution in [0.5, 0.6) is 0 Å². The summed E-state index contributed by atoms with van der Waals surface area (Å²) >= 11 is 1.10. The van der Waals surface area contributed by atoms with Crippen molar-refractivity contribution in [2.45, 2.75) is 31.6 Å². The molecule has 1 heterocycles. The number of sulfonamides is 1. The summed E-state index contributed by atoms with van der Waals surface area (Å²) in [5.41, 5.74) is 3.24. The fourth-order valence-electron chi connectivity index (χ4n) is 1.82. The number of benzene rings is 1. The SMILES string of the molecule is Cc1ccc(C)c(NS(=O)(=O)c2cc(C)c(CO)s2)c1. The van der Waals surface area contributed by atoms with Crippen molar-refractivity contribution in [2.75, 3.05) is 4.72 Å². The molecule has 0 spiro atoms. The van der Waals surface area contributed by atoms with Gasteiger partial charge < -0.3 is 5.11 Å². The predicted molar refractivity (Wildman–Crippen MR) is 81.7 cm³/mol. The Morgan fingerprint density at radius 3 is 2.45 bits per heavy atom. The van der Waals surface area contributed by atoms with E-state index in [1.54, 1.807) is 19.1 Å².